The Morgan fingerprint density at radius 3 is 2.27 bits per heavy atom. The number of hydrogen-bond donors (Lipinski definition) is 2. The summed E-state index contributed by atoms with van der Waals surface area (Å²) in [5.41, 5.74) is 0.898. The quantitative estimate of drug-likeness (QED) is 0.817. The van der Waals surface area contributed by atoms with Crippen LogP contribution in [0.25, 0.3) is 0 Å². The van der Waals surface area contributed by atoms with Gasteiger partial charge in [-0.1, -0.05) is 12.1 Å². The number of anilines is 1. The summed E-state index contributed by atoms with van der Waals surface area (Å²) < 4.78 is 22.9. The van der Waals surface area contributed by atoms with Crippen molar-refractivity contribution in [3.05, 3.63) is 41.7 Å². The largest absolute Gasteiger partial charge is 0.481 e. The highest BCUT2D eigenvalue weighted by Gasteiger charge is 2.07. The lowest BCUT2D eigenvalue weighted by Gasteiger charge is -2.11. The predicted molar refractivity (Wildman–Crippen MR) is 84.6 cm³/mol. The Balaban J connectivity index is 1.95. The van der Waals surface area contributed by atoms with Crippen LogP contribution in [0.2, 0.25) is 0 Å². The molecule has 0 unspecified atom stereocenters. The highest BCUT2D eigenvalue weighted by atomic mass is 32.1. The van der Waals surface area contributed by atoms with Gasteiger partial charge in [-0.15, -0.1) is 0 Å². The summed E-state index contributed by atoms with van der Waals surface area (Å²) in [6.45, 7) is 0.452. The van der Waals surface area contributed by atoms with Crippen LogP contribution in [0.15, 0.2) is 30.3 Å². The first kappa shape index (κ1) is 15.9. The van der Waals surface area contributed by atoms with Crippen molar-refractivity contribution < 1.29 is 13.9 Å². The molecule has 6 nitrogen and oxygen atoms in total. The van der Waals surface area contributed by atoms with Gasteiger partial charge in [-0.2, -0.15) is 9.97 Å². The van der Waals surface area contributed by atoms with Crippen molar-refractivity contribution in [2.45, 2.75) is 6.54 Å². The third kappa shape index (κ3) is 4.52. The van der Waals surface area contributed by atoms with Gasteiger partial charge in [-0.3, -0.25) is 0 Å². The topological polar surface area (TPSA) is 68.3 Å². The zero-order valence-corrected chi connectivity index (χ0v) is 12.9. The number of halogens is 1. The molecule has 0 saturated heterocycles. The van der Waals surface area contributed by atoms with Crippen molar-refractivity contribution in [3.8, 4) is 11.8 Å². The van der Waals surface area contributed by atoms with Gasteiger partial charge >= 0.3 is 0 Å². The van der Waals surface area contributed by atoms with Gasteiger partial charge in [-0.25, -0.2) is 4.39 Å². The summed E-state index contributed by atoms with van der Waals surface area (Å²) in [6.07, 6.45) is 0. The van der Waals surface area contributed by atoms with Gasteiger partial charge in [0, 0.05) is 6.54 Å². The molecule has 0 amide bonds. The summed E-state index contributed by atoms with van der Waals surface area (Å²) in [7, 11) is 2.99. The smallest absolute Gasteiger partial charge is 0.235 e. The van der Waals surface area contributed by atoms with Crippen molar-refractivity contribution in [2.24, 2.45) is 0 Å². The average Bonchev–Trinajstić information content (AvgIpc) is 2.54. The van der Waals surface area contributed by atoms with Crippen molar-refractivity contribution in [3.63, 3.8) is 0 Å². The highest BCUT2D eigenvalue weighted by Crippen LogP contribution is 2.17. The molecule has 0 aliphatic carbocycles. The fraction of sp³-hybridized carbons (Fsp3) is 0.214. The molecule has 116 valence electrons. The van der Waals surface area contributed by atoms with E-state index in [2.05, 4.69) is 20.6 Å². The Bertz CT molecular complexity index is 630. The second-order valence-corrected chi connectivity index (χ2v) is 4.62. The maximum Gasteiger partial charge on any atom is 0.235 e. The second-order valence-electron chi connectivity index (χ2n) is 4.21. The molecular weight excluding hydrogens is 307 g/mol. The lowest BCUT2D eigenvalue weighted by molar-refractivity contribution is 0.373. The molecule has 0 aliphatic heterocycles. The summed E-state index contributed by atoms with van der Waals surface area (Å²) in [5, 5.41) is 6.15. The molecule has 0 bridgehead atoms. The third-order valence-electron chi connectivity index (χ3n) is 2.69. The van der Waals surface area contributed by atoms with E-state index in [9.17, 15) is 4.39 Å². The zero-order chi connectivity index (χ0) is 15.9. The molecule has 2 rings (SSSR count). The normalized spacial score (nSPS) is 9.95. The van der Waals surface area contributed by atoms with Crippen LogP contribution < -0.4 is 20.1 Å². The van der Waals surface area contributed by atoms with E-state index in [-0.39, 0.29) is 11.8 Å². The Morgan fingerprint density at radius 2 is 1.73 bits per heavy atom. The van der Waals surface area contributed by atoms with Gasteiger partial charge in [-0.05, 0) is 29.9 Å². The Kier molecular flexibility index (Phi) is 5.42. The van der Waals surface area contributed by atoms with Crippen molar-refractivity contribution >= 4 is 23.3 Å². The summed E-state index contributed by atoms with van der Waals surface area (Å²) in [6, 6.07) is 7.69. The number of hydrogen-bond acceptors (Lipinski definition) is 5. The molecule has 1 aromatic heterocycles. The van der Waals surface area contributed by atoms with E-state index >= 15 is 0 Å². The molecule has 8 heteroatoms. The van der Waals surface area contributed by atoms with E-state index in [0.29, 0.717) is 23.4 Å². The Labute approximate surface area is 132 Å². The maximum atomic E-state index is 12.8. The Morgan fingerprint density at radius 1 is 1.14 bits per heavy atom. The summed E-state index contributed by atoms with van der Waals surface area (Å²) in [4.78, 5) is 8.21. The lowest BCUT2D eigenvalue weighted by Crippen LogP contribution is -2.28. The number of thiocarbonyl (C=S) groups is 1. The fourth-order valence-electron chi connectivity index (χ4n) is 1.60. The lowest BCUT2D eigenvalue weighted by atomic mass is 10.2. The minimum Gasteiger partial charge on any atom is -0.481 e. The van der Waals surface area contributed by atoms with E-state index in [1.165, 1.54) is 26.4 Å². The number of aromatic nitrogens is 2. The van der Waals surface area contributed by atoms with Crippen LogP contribution >= 0.6 is 12.2 Å². The van der Waals surface area contributed by atoms with Crippen molar-refractivity contribution in [1.82, 2.24) is 15.3 Å². The van der Waals surface area contributed by atoms with Crippen LogP contribution in [-0.4, -0.2) is 29.3 Å². The minimum absolute atomic E-state index is 0.257. The minimum atomic E-state index is -0.277. The second kappa shape index (κ2) is 7.51. The number of nitrogens with one attached hydrogen (secondary N) is 2. The van der Waals surface area contributed by atoms with E-state index in [1.54, 1.807) is 18.2 Å². The van der Waals surface area contributed by atoms with Crippen LogP contribution in [0.3, 0.4) is 0 Å². The van der Waals surface area contributed by atoms with Gasteiger partial charge in [0.25, 0.3) is 0 Å². The van der Waals surface area contributed by atoms with Crippen LogP contribution in [-0.2, 0) is 6.54 Å². The zero-order valence-electron chi connectivity index (χ0n) is 12.1. The van der Waals surface area contributed by atoms with E-state index in [0.717, 1.165) is 5.56 Å². The average molecular weight is 322 g/mol. The van der Waals surface area contributed by atoms with Crippen LogP contribution in [0.4, 0.5) is 10.3 Å². The molecule has 0 spiro atoms. The number of benzene rings is 1. The summed E-state index contributed by atoms with van der Waals surface area (Å²) >= 11 is 5.16. The highest BCUT2D eigenvalue weighted by molar-refractivity contribution is 7.80. The Hall–Kier alpha value is -2.48. The van der Waals surface area contributed by atoms with Crippen LogP contribution in [0.5, 0.6) is 11.8 Å². The van der Waals surface area contributed by atoms with Crippen LogP contribution in [0, 0.1) is 5.82 Å². The molecule has 1 heterocycles. The fourth-order valence-corrected chi connectivity index (χ4v) is 1.76. The molecule has 22 heavy (non-hydrogen) atoms. The van der Waals surface area contributed by atoms with Crippen LogP contribution in [0.1, 0.15) is 5.56 Å². The van der Waals surface area contributed by atoms with Gasteiger partial charge in [0.15, 0.2) is 5.11 Å². The SMILES string of the molecule is COc1cc(OC)nc(NC(=S)NCc2ccc(F)cc2)n1. The van der Waals surface area contributed by atoms with Gasteiger partial charge in [0.2, 0.25) is 17.7 Å². The van der Waals surface area contributed by atoms with Crippen molar-refractivity contribution in [1.29, 1.82) is 0 Å². The van der Waals surface area contributed by atoms with E-state index in [1.807, 2.05) is 0 Å². The van der Waals surface area contributed by atoms with E-state index < -0.39 is 0 Å². The van der Waals surface area contributed by atoms with Crippen molar-refractivity contribution in [2.75, 3.05) is 19.5 Å². The molecule has 1 aromatic carbocycles. The number of ether oxygens (including phenoxy) is 2. The number of methoxy groups -OCH3 is 2. The predicted octanol–water partition coefficient (Wildman–Crippen LogP) is 2.12. The molecule has 2 aromatic rings. The summed E-state index contributed by atoms with van der Waals surface area (Å²) in [5.74, 6) is 0.695. The molecule has 0 radical (unpaired) electrons. The van der Waals surface area contributed by atoms with Gasteiger partial charge in [0.05, 0.1) is 20.3 Å². The number of nitrogens with zero attached hydrogens (tertiary/aromatic N) is 2. The molecular formula is C14H15FN4O2S. The first-order valence-electron chi connectivity index (χ1n) is 6.37. The molecule has 0 saturated carbocycles. The standard InChI is InChI=1S/C14H15FN4O2S/c1-20-11-7-12(21-2)18-13(17-11)19-14(22)16-8-9-3-5-10(15)6-4-9/h3-7H,8H2,1-2H3,(H2,16,17,18,19,22). The molecule has 0 aliphatic rings. The monoisotopic (exact) mass is 322 g/mol. The maximum absolute atomic E-state index is 12.8. The van der Waals surface area contributed by atoms with Gasteiger partial charge in [0.1, 0.15) is 5.82 Å². The molecule has 2 N–H and O–H groups in total. The molecule has 0 fully saturated rings. The molecule has 0 atom stereocenters. The van der Waals surface area contributed by atoms with E-state index in [4.69, 9.17) is 21.7 Å². The number of rotatable bonds is 5. The first-order valence-corrected chi connectivity index (χ1v) is 6.78. The van der Waals surface area contributed by atoms with Gasteiger partial charge < -0.3 is 20.1 Å². The first-order chi connectivity index (χ1) is 10.6. The third-order valence-corrected chi connectivity index (χ3v) is 2.94.